The first-order chi connectivity index (χ1) is 6.74. The maximum absolute atomic E-state index is 13.0. The molecule has 0 saturated carbocycles. The Labute approximate surface area is 81.6 Å². The van der Waals surface area contributed by atoms with Gasteiger partial charge in [0.05, 0.1) is 6.61 Å². The summed E-state index contributed by atoms with van der Waals surface area (Å²) in [5.74, 6) is -0.618. The normalized spacial score (nSPS) is 9.86. The van der Waals surface area contributed by atoms with Crippen LogP contribution >= 0.6 is 0 Å². The van der Waals surface area contributed by atoms with Crippen molar-refractivity contribution < 1.29 is 14.3 Å². The number of benzene rings is 1. The standard InChI is InChI=1S/C10H12FNO2/c11-9-4-2-1-3-8(9)7-12-10(14)5-6-13/h1-4,13H,5-7H2,(H,12,14). The Morgan fingerprint density at radius 2 is 2.14 bits per heavy atom. The molecule has 1 rings (SSSR count). The summed E-state index contributed by atoms with van der Waals surface area (Å²) in [6.07, 6.45) is 0.0501. The van der Waals surface area contributed by atoms with Gasteiger partial charge in [0.2, 0.25) is 5.91 Å². The lowest BCUT2D eigenvalue weighted by molar-refractivity contribution is -0.121. The summed E-state index contributed by atoms with van der Waals surface area (Å²) < 4.78 is 13.0. The van der Waals surface area contributed by atoms with Crippen LogP contribution in [0.4, 0.5) is 4.39 Å². The topological polar surface area (TPSA) is 49.3 Å². The molecule has 0 unspecified atom stereocenters. The quantitative estimate of drug-likeness (QED) is 0.751. The van der Waals surface area contributed by atoms with E-state index in [0.29, 0.717) is 5.56 Å². The van der Waals surface area contributed by atoms with E-state index in [1.807, 2.05) is 0 Å². The molecule has 14 heavy (non-hydrogen) atoms. The lowest BCUT2D eigenvalue weighted by atomic mass is 10.2. The van der Waals surface area contributed by atoms with E-state index in [1.165, 1.54) is 6.07 Å². The van der Waals surface area contributed by atoms with Crippen LogP contribution in [0, 0.1) is 5.82 Å². The molecule has 0 aliphatic heterocycles. The van der Waals surface area contributed by atoms with Crippen LogP contribution in [0.2, 0.25) is 0 Å². The summed E-state index contributed by atoms with van der Waals surface area (Å²) in [4.78, 5) is 10.9. The minimum atomic E-state index is -0.336. The number of hydrogen-bond acceptors (Lipinski definition) is 2. The molecule has 1 aromatic rings. The van der Waals surface area contributed by atoms with Gasteiger partial charge in [-0.1, -0.05) is 18.2 Å². The van der Waals surface area contributed by atoms with E-state index in [2.05, 4.69) is 5.32 Å². The van der Waals surface area contributed by atoms with Gasteiger partial charge in [0.1, 0.15) is 5.82 Å². The van der Waals surface area contributed by atoms with E-state index in [0.717, 1.165) is 0 Å². The number of aliphatic hydroxyl groups excluding tert-OH is 1. The number of amides is 1. The highest BCUT2D eigenvalue weighted by molar-refractivity contribution is 5.75. The minimum absolute atomic E-state index is 0.0501. The SMILES string of the molecule is O=C(CCO)NCc1ccccc1F. The molecule has 4 heteroatoms. The van der Waals surface area contributed by atoms with Crippen molar-refractivity contribution in [1.29, 1.82) is 0 Å². The molecule has 0 fully saturated rings. The zero-order valence-electron chi connectivity index (χ0n) is 7.66. The van der Waals surface area contributed by atoms with Gasteiger partial charge >= 0.3 is 0 Å². The van der Waals surface area contributed by atoms with Crippen molar-refractivity contribution in [2.75, 3.05) is 6.61 Å². The fraction of sp³-hybridized carbons (Fsp3) is 0.300. The molecule has 2 N–H and O–H groups in total. The van der Waals surface area contributed by atoms with Crippen LogP contribution in [0.3, 0.4) is 0 Å². The average molecular weight is 197 g/mol. The lowest BCUT2D eigenvalue weighted by Crippen LogP contribution is -2.23. The molecule has 1 amide bonds. The third kappa shape index (κ3) is 3.14. The zero-order chi connectivity index (χ0) is 10.4. The van der Waals surface area contributed by atoms with Crippen LogP contribution in [-0.4, -0.2) is 17.6 Å². The number of aliphatic hydroxyl groups is 1. The zero-order valence-corrected chi connectivity index (χ0v) is 7.66. The molecule has 1 aromatic carbocycles. The van der Waals surface area contributed by atoms with Crippen LogP contribution < -0.4 is 5.32 Å². The Kier molecular flexibility index (Phi) is 4.07. The molecule has 3 nitrogen and oxygen atoms in total. The average Bonchev–Trinajstić information content (AvgIpc) is 2.17. The summed E-state index contributed by atoms with van der Waals surface area (Å²) in [5.41, 5.74) is 0.443. The molecule has 0 aliphatic carbocycles. The summed E-state index contributed by atoms with van der Waals surface area (Å²) in [7, 11) is 0. The highest BCUT2D eigenvalue weighted by atomic mass is 19.1. The Balaban J connectivity index is 2.46. The number of halogens is 1. The Hall–Kier alpha value is -1.42. The predicted octanol–water partition coefficient (Wildman–Crippen LogP) is 0.824. The molecule has 0 aliphatic rings. The number of rotatable bonds is 4. The van der Waals surface area contributed by atoms with Crippen LogP contribution in [0.15, 0.2) is 24.3 Å². The third-order valence-corrected chi connectivity index (χ3v) is 1.77. The van der Waals surface area contributed by atoms with Gasteiger partial charge in [0, 0.05) is 18.5 Å². The summed E-state index contributed by atoms with van der Waals surface area (Å²) >= 11 is 0. The molecule has 0 spiro atoms. The van der Waals surface area contributed by atoms with Gasteiger partial charge in [-0.15, -0.1) is 0 Å². The first-order valence-electron chi connectivity index (χ1n) is 4.35. The maximum Gasteiger partial charge on any atom is 0.222 e. The van der Waals surface area contributed by atoms with Gasteiger partial charge in [0.25, 0.3) is 0 Å². The van der Waals surface area contributed by atoms with E-state index in [-0.39, 0.29) is 31.3 Å². The van der Waals surface area contributed by atoms with Crippen LogP contribution in [0.1, 0.15) is 12.0 Å². The Morgan fingerprint density at radius 1 is 1.43 bits per heavy atom. The summed E-state index contributed by atoms with van der Waals surface area (Å²) in [6, 6.07) is 6.24. The Morgan fingerprint density at radius 3 is 2.79 bits per heavy atom. The van der Waals surface area contributed by atoms with E-state index in [1.54, 1.807) is 18.2 Å². The van der Waals surface area contributed by atoms with Gasteiger partial charge in [-0.05, 0) is 6.07 Å². The number of hydrogen-bond donors (Lipinski definition) is 2. The number of carbonyl (C=O) groups is 1. The smallest absolute Gasteiger partial charge is 0.222 e. The summed E-state index contributed by atoms with van der Waals surface area (Å²) in [5, 5.41) is 11.0. The predicted molar refractivity (Wildman–Crippen MR) is 49.9 cm³/mol. The van der Waals surface area contributed by atoms with Crippen molar-refractivity contribution in [2.24, 2.45) is 0 Å². The second kappa shape index (κ2) is 5.34. The van der Waals surface area contributed by atoms with Crippen molar-refractivity contribution in [3.63, 3.8) is 0 Å². The van der Waals surface area contributed by atoms with E-state index >= 15 is 0 Å². The van der Waals surface area contributed by atoms with Crippen LogP contribution in [-0.2, 0) is 11.3 Å². The van der Waals surface area contributed by atoms with E-state index in [4.69, 9.17) is 5.11 Å². The molecule has 0 aromatic heterocycles. The van der Waals surface area contributed by atoms with E-state index in [9.17, 15) is 9.18 Å². The van der Waals surface area contributed by atoms with Crippen LogP contribution in [0.25, 0.3) is 0 Å². The molecule has 0 radical (unpaired) electrons. The van der Waals surface area contributed by atoms with Gasteiger partial charge < -0.3 is 10.4 Å². The molecule has 0 heterocycles. The molecular formula is C10H12FNO2. The van der Waals surface area contributed by atoms with Gasteiger partial charge in [0.15, 0.2) is 0 Å². The monoisotopic (exact) mass is 197 g/mol. The number of carbonyl (C=O) groups excluding carboxylic acids is 1. The van der Waals surface area contributed by atoms with Crippen molar-refractivity contribution in [1.82, 2.24) is 5.32 Å². The molecule has 76 valence electrons. The van der Waals surface area contributed by atoms with Gasteiger partial charge in [-0.2, -0.15) is 0 Å². The lowest BCUT2D eigenvalue weighted by Gasteiger charge is -2.04. The second-order valence-corrected chi connectivity index (χ2v) is 2.84. The van der Waals surface area contributed by atoms with Crippen molar-refractivity contribution in [3.05, 3.63) is 35.6 Å². The summed E-state index contributed by atoms with van der Waals surface area (Å²) in [6.45, 7) is -0.0331. The molecular weight excluding hydrogens is 185 g/mol. The van der Waals surface area contributed by atoms with Crippen molar-refractivity contribution in [3.8, 4) is 0 Å². The largest absolute Gasteiger partial charge is 0.396 e. The van der Waals surface area contributed by atoms with E-state index < -0.39 is 0 Å². The molecule has 0 atom stereocenters. The highest BCUT2D eigenvalue weighted by Crippen LogP contribution is 2.05. The second-order valence-electron chi connectivity index (χ2n) is 2.84. The molecule has 0 saturated heterocycles. The minimum Gasteiger partial charge on any atom is -0.396 e. The van der Waals surface area contributed by atoms with Crippen LogP contribution in [0.5, 0.6) is 0 Å². The van der Waals surface area contributed by atoms with Crippen molar-refractivity contribution in [2.45, 2.75) is 13.0 Å². The third-order valence-electron chi connectivity index (χ3n) is 1.77. The van der Waals surface area contributed by atoms with Gasteiger partial charge in [-0.3, -0.25) is 4.79 Å². The molecule has 0 bridgehead atoms. The fourth-order valence-electron chi connectivity index (χ4n) is 1.03. The number of nitrogens with one attached hydrogen (secondary N) is 1. The first-order valence-corrected chi connectivity index (χ1v) is 4.35. The fourth-order valence-corrected chi connectivity index (χ4v) is 1.03. The maximum atomic E-state index is 13.0. The van der Waals surface area contributed by atoms with Gasteiger partial charge in [-0.25, -0.2) is 4.39 Å². The van der Waals surface area contributed by atoms with Crippen molar-refractivity contribution >= 4 is 5.91 Å². The highest BCUT2D eigenvalue weighted by Gasteiger charge is 2.02. The first kappa shape index (κ1) is 10.7. The Bertz CT molecular complexity index is 315.